The smallest absolute Gasteiger partial charge is 0.269 e. The molecule has 0 spiro atoms. The van der Waals surface area contributed by atoms with Crippen molar-refractivity contribution in [2.24, 2.45) is 5.73 Å². The Morgan fingerprint density at radius 1 is 1.07 bits per heavy atom. The lowest BCUT2D eigenvalue weighted by Gasteiger charge is -2.07. The van der Waals surface area contributed by atoms with Crippen LogP contribution < -0.4 is 20.9 Å². The minimum atomic E-state index is -0.625. The molecule has 0 fully saturated rings. The summed E-state index contributed by atoms with van der Waals surface area (Å²) in [5.74, 6) is 0.653. The van der Waals surface area contributed by atoms with Crippen LogP contribution in [0.4, 0.5) is 5.69 Å². The maximum Gasteiger partial charge on any atom is 0.269 e. The first-order valence-electron chi connectivity index (χ1n) is 7.88. The van der Waals surface area contributed by atoms with E-state index in [4.69, 9.17) is 20.9 Å². The summed E-state index contributed by atoms with van der Waals surface area (Å²) in [6.07, 6.45) is 1.60. The van der Waals surface area contributed by atoms with Crippen LogP contribution in [-0.4, -0.2) is 27.5 Å². The Kier molecular flexibility index (Phi) is 3.78. The summed E-state index contributed by atoms with van der Waals surface area (Å²) >= 11 is 0. The Bertz CT molecular complexity index is 1220. The van der Waals surface area contributed by atoms with Gasteiger partial charge in [-0.1, -0.05) is 0 Å². The van der Waals surface area contributed by atoms with Gasteiger partial charge in [-0.2, -0.15) is 5.10 Å². The number of nitrogen functional groups attached to an aromatic ring is 1. The summed E-state index contributed by atoms with van der Waals surface area (Å²) in [5, 5.41) is 5.77. The first-order chi connectivity index (χ1) is 12.6. The Hall–Kier alpha value is -3.52. The van der Waals surface area contributed by atoms with Gasteiger partial charge in [-0.15, -0.1) is 12.4 Å². The molecule has 0 saturated carbocycles. The van der Waals surface area contributed by atoms with Gasteiger partial charge >= 0.3 is 0 Å². The normalized spacial score (nSPS) is 12.3. The number of halogens is 1. The number of amides is 1. The standard InChI is InChI=1S/C18H13N5O3.ClH/c19-9-1-3-13-11(5-9)17-12(7-21-13)16(18(20)24)22-23(17)10-2-4-14-15(6-10)26-8-25-14;/h1-7H,8,19H2,(H2,20,24);1H. The molecule has 2 aromatic heterocycles. The summed E-state index contributed by atoms with van der Waals surface area (Å²) in [7, 11) is 0. The van der Waals surface area contributed by atoms with E-state index >= 15 is 0 Å². The van der Waals surface area contributed by atoms with Gasteiger partial charge in [0.2, 0.25) is 6.79 Å². The van der Waals surface area contributed by atoms with E-state index in [9.17, 15) is 4.79 Å². The van der Waals surface area contributed by atoms with Crippen LogP contribution in [0.15, 0.2) is 42.6 Å². The molecular weight excluding hydrogens is 370 g/mol. The molecule has 1 aliphatic rings. The molecule has 136 valence electrons. The third-order valence-electron chi connectivity index (χ3n) is 4.36. The fraction of sp³-hybridized carbons (Fsp3) is 0.0556. The zero-order valence-electron chi connectivity index (χ0n) is 13.9. The number of fused-ring (bicyclic) bond motifs is 4. The lowest BCUT2D eigenvalue weighted by Crippen LogP contribution is -2.12. The predicted molar refractivity (Wildman–Crippen MR) is 103 cm³/mol. The molecule has 0 radical (unpaired) electrons. The van der Waals surface area contributed by atoms with Gasteiger partial charge in [0.15, 0.2) is 17.2 Å². The third kappa shape index (κ3) is 2.49. The number of benzene rings is 2. The number of ether oxygens (including phenoxy) is 2. The van der Waals surface area contributed by atoms with Crippen molar-refractivity contribution >= 4 is 45.8 Å². The average molecular weight is 384 g/mol. The number of carbonyl (C=O) groups excluding carboxylic acids is 1. The number of primary amides is 1. The van der Waals surface area contributed by atoms with Gasteiger partial charge in [0.1, 0.15) is 0 Å². The first-order valence-corrected chi connectivity index (χ1v) is 7.88. The topological polar surface area (TPSA) is 118 Å². The average Bonchev–Trinajstić information content (AvgIpc) is 3.25. The number of aromatic nitrogens is 3. The van der Waals surface area contributed by atoms with Crippen molar-refractivity contribution in [1.29, 1.82) is 0 Å². The van der Waals surface area contributed by atoms with Crippen LogP contribution in [0.5, 0.6) is 11.5 Å². The fourth-order valence-electron chi connectivity index (χ4n) is 3.19. The quantitative estimate of drug-likeness (QED) is 0.513. The molecule has 5 rings (SSSR count). The summed E-state index contributed by atoms with van der Waals surface area (Å²) < 4.78 is 12.5. The maximum atomic E-state index is 11.9. The lowest BCUT2D eigenvalue weighted by molar-refractivity contribution is 0.0996. The number of carbonyl (C=O) groups is 1. The highest BCUT2D eigenvalue weighted by atomic mass is 35.5. The van der Waals surface area contributed by atoms with Crippen LogP contribution in [0.1, 0.15) is 10.5 Å². The van der Waals surface area contributed by atoms with Crippen LogP contribution in [0.2, 0.25) is 0 Å². The van der Waals surface area contributed by atoms with E-state index in [-0.39, 0.29) is 24.9 Å². The highest BCUT2D eigenvalue weighted by molar-refractivity contribution is 6.12. The van der Waals surface area contributed by atoms with Crippen LogP contribution in [0.3, 0.4) is 0 Å². The summed E-state index contributed by atoms with van der Waals surface area (Å²) in [4.78, 5) is 16.3. The summed E-state index contributed by atoms with van der Waals surface area (Å²) in [6, 6.07) is 10.8. The number of hydrogen-bond donors (Lipinski definition) is 2. The Morgan fingerprint density at radius 3 is 2.70 bits per heavy atom. The second-order valence-electron chi connectivity index (χ2n) is 5.96. The zero-order chi connectivity index (χ0) is 17.8. The molecule has 27 heavy (non-hydrogen) atoms. The minimum Gasteiger partial charge on any atom is -0.454 e. The van der Waals surface area contributed by atoms with Crippen molar-refractivity contribution in [3.63, 3.8) is 0 Å². The van der Waals surface area contributed by atoms with E-state index in [0.29, 0.717) is 33.8 Å². The van der Waals surface area contributed by atoms with Gasteiger partial charge in [0.25, 0.3) is 5.91 Å². The second kappa shape index (κ2) is 6.03. The Morgan fingerprint density at radius 2 is 1.89 bits per heavy atom. The van der Waals surface area contributed by atoms with Crippen molar-refractivity contribution < 1.29 is 14.3 Å². The molecule has 4 aromatic rings. The number of rotatable bonds is 2. The van der Waals surface area contributed by atoms with Crippen molar-refractivity contribution in [2.75, 3.05) is 12.5 Å². The van der Waals surface area contributed by atoms with E-state index in [0.717, 1.165) is 10.9 Å². The number of hydrogen-bond acceptors (Lipinski definition) is 6. The van der Waals surface area contributed by atoms with Gasteiger partial charge in [-0.05, 0) is 30.3 Å². The molecule has 8 nitrogen and oxygen atoms in total. The highest BCUT2D eigenvalue weighted by Gasteiger charge is 2.21. The van der Waals surface area contributed by atoms with Crippen LogP contribution >= 0.6 is 12.4 Å². The molecule has 2 aromatic carbocycles. The number of nitrogens with two attached hydrogens (primary N) is 2. The number of nitrogens with zero attached hydrogens (tertiary/aromatic N) is 3. The monoisotopic (exact) mass is 383 g/mol. The van der Waals surface area contributed by atoms with E-state index in [2.05, 4.69) is 10.1 Å². The number of pyridine rings is 1. The molecule has 9 heteroatoms. The van der Waals surface area contributed by atoms with E-state index < -0.39 is 5.91 Å². The molecule has 4 N–H and O–H groups in total. The van der Waals surface area contributed by atoms with Gasteiger partial charge in [-0.25, -0.2) is 4.68 Å². The van der Waals surface area contributed by atoms with Gasteiger partial charge in [0, 0.05) is 23.3 Å². The van der Waals surface area contributed by atoms with Crippen molar-refractivity contribution in [2.45, 2.75) is 0 Å². The second-order valence-corrected chi connectivity index (χ2v) is 5.96. The first kappa shape index (κ1) is 16.9. The Balaban J connectivity index is 0.00000180. The zero-order valence-corrected chi connectivity index (χ0v) is 14.7. The van der Waals surface area contributed by atoms with Crippen LogP contribution in [0.25, 0.3) is 27.5 Å². The molecule has 0 bridgehead atoms. The SMILES string of the molecule is Cl.NC(=O)c1nn(-c2ccc3c(c2)OCO3)c2c1cnc1ccc(N)cc12. The molecule has 1 amide bonds. The predicted octanol–water partition coefficient (Wildman–Crippen LogP) is 2.41. The summed E-state index contributed by atoms with van der Waals surface area (Å²) in [5.41, 5.74) is 14.4. The van der Waals surface area contributed by atoms with Crippen molar-refractivity contribution in [3.05, 3.63) is 48.3 Å². The van der Waals surface area contributed by atoms with Gasteiger partial charge in [0.05, 0.1) is 22.1 Å². The fourth-order valence-corrected chi connectivity index (χ4v) is 3.19. The third-order valence-corrected chi connectivity index (χ3v) is 4.36. The van der Waals surface area contributed by atoms with E-state index in [1.54, 1.807) is 35.1 Å². The molecule has 0 saturated heterocycles. The summed E-state index contributed by atoms with van der Waals surface area (Å²) in [6.45, 7) is 0.175. The Labute approximate surface area is 159 Å². The van der Waals surface area contributed by atoms with Gasteiger partial charge in [-0.3, -0.25) is 9.78 Å². The maximum absolute atomic E-state index is 11.9. The highest BCUT2D eigenvalue weighted by Crippen LogP contribution is 2.36. The molecule has 0 unspecified atom stereocenters. The van der Waals surface area contributed by atoms with Crippen molar-refractivity contribution in [3.8, 4) is 17.2 Å². The van der Waals surface area contributed by atoms with E-state index in [1.807, 2.05) is 12.1 Å². The lowest BCUT2D eigenvalue weighted by atomic mass is 10.1. The van der Waals surface area contributed by atoms with Gasteiger partial charge < -0.3 is 20.9 Å². The van der Waals surface area contributed by atoms with Crippen molar-refractivity contribution in [1.82, 2.24) is 14.8 Å². The minimum absolute atomic E-state index is 0. The number of anilines is 1. The molecule has 0 atom stereocenters. The molecular formula is C18H14ClN5O3. The van der Waals surface area contributed by atoms with Crippen LogP contribution in [-0.2, 0) is 0 Å². The molecule has 0 aliphatic carbocycles. The molecule has 1 aliphatic heterocycles. The van der Waals surface area contributed by atoms with Crippen LogP contribution in [0, 0.1) is 0 Å². The largest absolute Gasteiger partial charge is 0.454 e. The molecule has 3 heterocycles. The van der Waals surface area contributed by atoms with E-state index in [1.165, 1.54) is 0 Å².